The zero-order valence-corrected chi connectivity index (χ0v) is 13.6. The molecule has 1 N–H and O–H groups in total. The molecule has 3 aromatic rings. The molecule has 0 bridgehead atoms. The van der Waals surface area contributed by atoms with Gasteiger partial charge in [-0.1, -0.05) is 54.6 Å². The molecule has 124 valence electrons. The van der Waals surface area contributed by atoms with E-state index < -0.39 is 0 Å². The number of ether oxygens (including phenoxy) is 1. The van der Waals surface area contributed by atoms with Crippen LogP contribution >= 0.6 is 0 Å². The number of rotatable bonds is 4. The van der Waals surface area contributed by atoms with Crippen LogP contribution in [0.1, 0.15) is 28.7 Å². The van der Waals surface area contributed by atoms with Crippen molar-refractivity contribution in [2.24, 2.45) is 0 Å². The molecule has 1 aliphatic heterocycles. The molecule has 1 aromatic heterocycles. The number of aromatic nitrogens is 1. The molecule has 0 saturated carbocycles. The van der Waals surface area contributed by atoms with Crippen molar-refractivity contribution in [2.45, 2.75) is 12.0 Å². The summed E-state index contributed by atoms with van der Waals surface area (Å²) in [7, 11) is 0. The van der Waals surface area contributed by atoms with Crippen molar-refractivity contribution in [1.29, 1.82) is 0 Å². The lowest BCUT2D eigenvalue weighted by molar-refractivity contribution is -0.123. The third kappa shape index (κ3) is 3.11. The van der Waals surface area contributed by atoms with Crippen molar-refractivity contribution < 1.29 is 9.53 Å². The number of hydrogen-bond acceptors (Lipinski definition) is 3. The monoisotopic (exact) mass is 330 g/mol. The fraction of sp³-hybridized carbons (Fsp3) is 0.143. The summed E-state index contributed by atoms with van der Waals surface area (Å²) in [5, 5.41) is 3.17. The number of carbonyl (C=O) groups excluding carboxylic acids is 1. The molecule has 2 heterocycles. The van der Waals surface area contributed by atoms with Crippen LogP contribution in [0.5, 0.6) is 5.75 Å². The Balaban J connectivity index is 1.62. The van der Waals surface area contributed by atoms with E-state index in [0.29, 0.717) is 6.61 Å². The van der Waals surface area contributed by atoms with E-state index in [0.717, 1.165) is 22.4 Å². The Labute approximate surface area is 146 Å². The first-order valence-electron chi connectivity index (χ1n) is 8.30. The second-order valence-electron chi connectivity index (χ2n) is 6.04. The van der Waals surface area contributed by atoms with E-state index in [-0.39, 0.29) is 17.9 Å². The van der Waals surface area contributed by atoms with Gasteiger partial charge in [-0.2, -0.15) is 0 Å². The van der Waals surface area contributed by atoms with Crippen LogP contribution in [0.15, 0.2) is 79.1 Å². The van der Waals surface area contributed by atoms with E-state index in [9.17, 15) is 4.79 Å². The van der Waals surface area contributed by atoms with Gasteiger partial charge in [-0.05, 0) is 23.3 Å². The van der Waals surface area contributed by atoms with Gasteiger partial charge in [0, 0.05) is 18.0 Å². The van der Waals surface area contributed by atoms with Crippen LogP contribution in [0.2, 0.25) is 0 Å². The van der Waals surface area contributed by atoms with Crippen LogP contribution in [-0.4, -0.2) is 17.5 Å². The summed E-state index contributed by atoms with van der Waals surface area (Å²) in [5.74, 6) is 0.460. The van der Waals surface area contributed by atoms with Gasteiger partial charge < -0.3 is 10.1 Å². The number of amides is 1. The van der Waals surface area contributed by atoms with Crippen molar-refractivity contribution in [3.05, 3.63) is 95.8 Å². The number of benzene rings is 2. The minimum absolute atomic E-state index is 0.0392. The van der Waals surface area contributed by atoms with Crippen LogP contribution < -0.4 is 10.1 Å². The summed E-state index contributed by atoms with van der Waals surface area (Å²) in [6, 6.07) is 21.3. The molecule has 0 fully saturated rings. The van der Waals surface area contributed by atoms with Gasteiger partial charge in [0.25, 0.3) is 0 Å². The number of carbonyl (C=O) groups is 1. The summed E-state index contributed by atoms with van der Waals surface area (Å²) in [6.07, 6.45) is 3.52. The summed E-state index contributed by atoms with van der Waals surface area (Å²) < 4.78 is 5.65. The molecule has 1 amide bonds. The second-order valence-corrected chi connectivity index (χ2v) is 6.04. The standard InChI is InChI=1S/C21H18N2O2/c24-21(18-14-25-19-11-5-4-10-17(18)19)23-20(15-7-2-1-3-8-15)16-9-6-12-22-13-16/h1-13,18,20H,14H2,(H,23,24)/t18-,20-/m0/s1. The largest absolute Gasteiger partial charge is 0.492 e. The fourth-order valence-electron chi connectivity index (χ4n) is 3.17. The van der Waals surface area contributed by atoms with Gasteiger partial charge in [0.15, 0.2) is 0 Å². The zero-order valence-electron chi connectivity index (χ0n) is 13.6. The molecule has 4 rings (SSSR count). The van der Waals surface area contributed by atoms with Gasteiger partial charge in [-0.15, -0.1) is 0 Å². The van der Waals surface area contributed by atoms with Crippen LogP contribution in [0.25, 0.3) is 0 Å². The second kappa shape index (κ2) is 6.77. The van der Waals surface area contributed by atoms with Gasteiger partial charge in [0.1, 0.15) is 18.3 Å². The lowest BCUT2D eigenvalue weighted by Crippen LogP contribution is -2.34. The highest BCUT2D eigenvalue weighted by molar-refractivity contribution is 5.86. The molecular weight excluding hydrogens is 312 g/mol. The Morgan fingerprint density at radius 3 is 2.56 bits per heavy atom. The highest BCUT2D eigenvalue weighted by atomic mass is 16.5. The van der Waals surface area contributed by atoms with Crippen molar-refractivity contribution in [3.63, 3.8) is 0 Å². The van der Waals surface area contributed by atoms with E-state index in [1.165, 1.54) is 0 Å². The molecular formula is C21H18N2O2. The molecule has 0 spiro atoms. The molecule has 0 saturated heterocycles. The third-order valence-corrected chi connectivity index (χ3v) is 4.45. The predicted octanol–water partition coefficient (Wildman–Crippen LogP) is 3.46. The van der Waals surface area contributed by atoms with Crippen molar-refractivity contribution in [1.82, 2.24) is 10.3 Å². The molecule has 0 unspecified atom stereocenters. The Kier molecular flexibility index (Phi) is 4.17. The Morgan fingerprint density at radius 1 is 1.00 bits per heavy atom. The molecule has 25 heavy (non-hydrogen) atoms. The first-order chi connectivity index (χ1) is 12.3. The average molecular weight is 330 g/mol. The van der Waals surface area contributed by atoms with E-state index in [1.807, 2.05) is 66.7 Å². The highest BCUT2D eigenvalue weighted by Gasteiger charge is 2.31. The van der Waals surface area contributed by atoms with E-state index >= 15 is 0 Å². The average Bonchev–Trinajstić information content (AvgIpc) is 3.11. The lowest BCUT2D eigenvalue weighted by atomic mass is 9.96. The topological polar surface area (TPSA) is 51.2 Å². The molecule has 4 nitrogen and oxygen atoms in total. The van der Waals surface area contributed by atoms with Crippen molar-refractivity contribution >= 4 is 5.91 Å². The quantitative estimate of drug-likeness (QED) is 0.797. The van der Waals surface area contributed by atoms with Gasteiger partial charge in [0.2, 0.25) is 5.91 Å². The van der Waals surface area contributed by atoms with Crippen molar-refractivity contribution in [2.75, 3.05) is 6.61 Å². The lowest BCUT2D eigenvalue weighted by Gasteiger charge is -2.21. The minimum Gasteiger partial charge on any atom is -0.492 e. The fourth-order valence-corrected chi connectivity index (χ4v) is 3.17. The molecule has 0 radical (unpaired) electrons. The summed E-state index contributed by atoms with van der Waals surface area (Å²) in [6.45, 7) is 0.375. The van der Waals surface area contributed by atoms with Crippen LogP contribution in [-0.2, 0) is 4.79 Å². The van der Waals surface area contributed by atoms with Crippen LogP contribution in [0.3, 0.4) is 0 Å². The minimum atomic E-state index is -0.293. The molecule has 1 aliphatic rings. The number of fused-ring (bicyclic) bond motifs is 1. The van der Waals surface area contributed by atoms with E-state index in [2.05, 4.69) is 10.3 Å². The Bertz CT molecular complexity index is 826. The smallest absolute Gasteiger partial charge is 0.231 e. The summed E-state index contributed by atoms with van der Waals surface area (Å²) in [5.41, 5.74) is 2.92. The predicted molar refractivity (Wildman–Crippen MR) is 95.3 cm³/mol. The molecule has 2 aromatic carbocycles. The maximum absolute atomic E-state index is 13.0. The molecule has 0 aliphatic carbocycles. The number of para-hydroxylation sites is 1. The third-order valence-electron chi connectivity index (χ3n) is 4.45. The molecule has 2 atom stereocenters. The Hall–Kier alpha value is -3.14. The first-order valence-corrected chi connectivity index (χ1v) is 8.30. The first kappa shape index (κ1) is 15.4. The zero-order chi connectivity index (χ0) is 17.1. The number of nitrogens with one attached hydrogen (secondary N) is 1. The van der Waals surface area contributed by atoms with Crippen LogP contribution in [0, 0.1) is 0 Å². The van der Waals surface area contributed by atoms with Gasteiger partial charge in [0.05, 0.1) is 6.04 Å². The van der Waals surface area contributed by atoms with E-state index in [1.54, 1.807) is 12.4 Å². The van der Waals surface area contributed by atoms with Crippen LogP contribution in [0.4, 0.5) is 0 Å². The number of pyridine rings is 1. The molecule has 4 heteroatoms. The summed E-state index contributed by atoms with van der Waals surface area (Å²) >= 11 is 0. The normalized spacial score (nSPS) is 16.6. The summed E-state index contributed by atoms with van der Waals surface area (Å²) in [4.78, 5) is 17.1. The van der Waals surface area contributed by atoms with Gasteiger partial charge in [-0.25, -0.2) is 0 Å². The maximum atomic E-state index is 13.0. The SMILES string of the molecule is O=C(N[C@@H](c1ccccc1)c1cccnc1)[C@H]1COc2ccccc21. The Morgan fingerprint density at radius 2 is 1.76 bits per heavy atom. The van der Waals surface area contributed by atoms with Crippen molar-refractivity contribution in [3.8, 4) is 5.75 Å². The van der Waals surface area contributed by atoms with Gasteiger partial charge >= 0.3 is 0 Å². The number of nitrogens with zero attached hydrogens (tertiary/aromatic N) is 1. The maximum Gasteiger partial charge on any atom is 0.231 e. The number of hydrogen-bond donors (Lipinski definition) is 1. The van der Waals surface area contributed by atoms with E-state index in [4.69, 9.17) is 4.74 Å². The highest BCUT2D eigenvalue weighted by Crippen LogP contribution is 2.34. The van der Waals surface area contributed by atoms with Gasteiger partial charge in [-0.3, -0.25) is 9.78 Å².